The zero-order chi connectivity index (χ0) is 17.2. The van der Waals surface area contributed by atoms with Gasteiger partial charge >= 0.3 is 5.97 Å². The quantitative estimate of drug-likeness (QED) is 0.450. The number of unbranched alkanes of at least 4 members (excludes halogenated alkanes) is 1. The van der Waals surface area contributed by atoms with Crippen LogP contribution in [-0.4, -0.2) is 18.5 Å². The van der Waals surface area contributed by atoms with Gasteiger partial charge in [0.25, 0.3) is 0 Å². The standard InChI is InChI=1S/C20H21NO3/c1-2-20(23)24-15-9-8-14-19(22)21-18-13-7-6-12-17(18)16-10-4-3-5-11-16/h2-7,10-13H,1,8-9,14-15H2,(H,21,22). The lowest BCUT2D eigenvalue weighted by atomic mass is 10.0. The largest absolute Gasteiger partial charge is 0.463 e. The van der Waals surface area contributed by atoms with E-state index in [1.165, 1.54) is 0 Å². The summed E-state index contributed by atoms with van der Waals surface area (Å²) in [5.41, 5.74) is 2.85. The molecule has 124 valence electrons. The van der Waals surface area contributed by atoms with Crippen LogP contribution in [0.4, 0.5) is 5.69 Å². The monoisotopic (exact) mass is 323 g/mol. The first-order valence-electron chi connectivity index (χ1n) is 7.94. The molecule has 0 aromatic heterocycles. The lowest BCUT2D eigenvalue weighted by Crippen LogP contribution is -2.12. The molecule has 24 heavy (non-hydrogen) atoms. The highest BCUT2D eigenvalue weighted by molar-refractivity contribution is 5.95. The summed E-state index contributed by atoms with van der Waals surface area (Å²) in [5, 5.41) is 2.96. The van der Waals surface area contributed by atoms with Crippen molar-refractivity contribution in [3.8, 4) is 11.1 Å². The van der Waals surface area contributed by atoms with Gasteiger partial charge in [-0.3, -0.25) is 4.79 Å². The maximum Gasteiger partial charge on any atom is 0.330 e. The second-order valence-electron chi connectivity index (χ2n) is 5.29. The molecule has 0 bridgehead atoms. The number of ether oxygens (including phenoxy) is 1. The summed E-state index contributed by atoms with van der Waals surface area (Å²) in [6, 6.07) is 17.7. The molecule has 0 fully saturated rings. The van der Waals surface area contributed by atoms with Crippen molar-refractivity contribution >= 4 is 17.6 Å². The molecule has 2 aromatic rings. The summed E-state index contributed by atoms with van der Waals surface area (Å²) in [6.45, 7) is 3.63. The fourth-order valence-corrected chi connectivity index (χ4v) is 2.29. The molecule has 0 heterocycles. The fourth-order valence-electron chi connectivity index (χ4n) is 2.29. The van der Waals surface area contributed by atoms with Crippen molar-refractivity contribution in [1.82, 2.24) is 0 Å². The molecule has 2 aromatic carbocycles. The molecule has 0 aliphatic rings. The number of anilines is 1. The van der Waals surface area contributed by atoms with E-state index in [4.69, 9.17) is 4.74 Å². The molecule has 2 rings (SSSR count). The Kier molecular flexibility index (Phi) is 6.77. The van der Waals surface area contributed by atoms with Gasteiger partial charge in [-0.15, -0.1) is 0 Å². The Morgan fingerprint density at radius 2 is 1.71 bits per heavy atom. The van der Waals surface area contributed by atoms with Gasteiger partial charge in [0.2, 0.25) is 5.91 Å². The van der Waals surface area contributed by atoms with Gasteiger partial charge in [-0.2, -0.15) is 0 Å². The molecule has 0 aliphatic heterocycles. The third-order valence-electron chi connectivity index (χ3n) is 3.50. The highest BCUT2D eigenvalue weighted by atomic mass is 16.5. The predicted octanol–water partition coefficient (Wildman–Crippen LogP) is 4.19. The van der Waals surface area contributed by atoms with E-state index in [1.54, 1.807) is 0 Å². The number of rotatable bonds is 8. The molecule has 1 amide bonds. The minimum Gasteiger partial charge on any atom is -0.463 e. The first kappa shape index (κ1) is 17.5. The average molecular weight is 323 g/mol. The second kappa shape index (κ2) is 9.30. The van der Waals surface area contributed by atoms with E-state index in [1.807, 2.05) is 54.6 Å². The number of nitrogens with one attached hydrogen (secondary N) is 1. The number of carbonyl (C=O) groups is 2. The molecule has 0 saturated carbocycles. The minimum atomic E-state index is -0.434. The van der Waals surface area contributed by atoms with Crippen molar-refractivity contribution in [2.24, 2.45) is 0 Å². The van der Waals surface area contributed by atoms with Crippen molar-refractivity contribution in [2.45, 2.75) is 19.3 Å². The normalized spacial score (nSPS) is 10.0. The molecular formula is C20H21NO3. The Balaban J connectivity index is 1.86. The molecule has 0 aliphatic carbocycles. The average Bonchev–Trinajstić information content (AvgIpc) is 2.62. The second-order valence-corrected chi connectivity index (χ2v) is 5.29. The highest BCUT2D eigenvalue weighted by Gasteiger charge is 2.08. The van der Waals surface area contributed by atoms with Gasteiger partial charge in [0.1, 0.15) is 0 Å². The Hall–Kier alpha value is -2.88. The lowest BCUT2D eigenvalue weighted by Gasteiger charge is -2.11. The molecule has 1 N–H and O–H groups in total. The lowest BCUT2D eigenvalue weighted by molar-refractivity contribution is -0.137. The van der Waals surface area contributed by atoms with Crippen LogP contribution in [0, 0.1) is 0 Å². The van der Waals surface area contributed by atoms with Gasteiger partial charge in [0.15, 0.2) is 0 Å². The molecule has 0 atom stereocenters. The molecule has 0 unspecified atom stereocenters. The third-order valence-corrected chi connectivity index (χ3v) is 3.50. The summed E-state index contributed by atoms with van der Waals surface area (Å²) < 4.78 is 4.88. The molecule has 0 spiro atoms. The van der Waals surface area contributed by atoms with E-state index in [-0.39, 0.29) is 5.91 Å². The first-order chi connectivity index (χ1) is 11.7. The van der Waals surface area contributed by atoms with Gasteiger partial charge in [-0.25, -0.2) is 4.79 Å². The zero-order valence-corrected chi connectivity index (χ0v) is 13.5. The van der Waals surface area contributed by atoms with E-state index < -0.39 is 5.97 Å². The van der Waals surface area contributed by atoms with E-state index >= 15 is 0 Å². The highest BCUT2D eigenvalue weighted by Crippen LogP contribution is 2.27. The maximum atomic E-state index is 12.1. The number of hydrogen-bond acceptors (Lipinski definition) is 3. The molecule has 0 radical (unpaired) electrons. The topological polar surface area (TPSA) is 55.4 Å². The van der Waals surface area contributed by atoms with Crippen LogP contribution in [0.15, 0.2) is 67.3 Å². The van der Waals surface area contributed by atoms with Crippen molar-refractivity contribution in [2.75, 3.05) is 11.9 Å². The molecular weight excluding hydrogens is 302 g/mol. The fraction of sp³-hybridized carbons (Fsp3) is 0.200. The Morgan fingerprint density at radius 1 is 1.00 bits per heavy atom. The number of carbonyl (C=O) groups excluding carboxylic acids is 2. The maximum absolute atomic E-state index is 12.1. The molecule has 0 saturated heterocycles. The number of amides is 1. The van der Waals surface area contributed by atoms with E-state index in [9.17, 15) is 9.59 Å². The number of para-hydroxylation sites is 1. The van der Waals surface area contributed by atoms with Gasteiger partial charge in [0, 0.05) is 23.7 Å². The van der Waals surface area contributed by atoms with Crippen LogP contribution in [0.2, 0.25) is 0 Å². The van der Waals surface area contributed by atoms with Crippen LogP contribution in [0.1, 0.15) is 19.3 Å². The van der Waals surface area contributed by atoms with Crippen LogP contribution in [0.3, 0.4) is 0 Å². The summed E-state index contributed by atoms with van der Waals surface area (Å²) >= 11 is 0. The third kappa shape index (κ3) is 5.39. The molecule has 4 heteroatoms. The summed E-state index contributed by atoms with van der Waals surface area (Å²) in [5.74, 6) is -0.482. The van der Waals surface area contributed by atoms with Crippen LogP contribution >= 0.6 is 0 Å². The Labute approximate surface area is 142 Å². The van der Waals surface area contributed by atoms with Crippen LogP contribution in [0.25, 0.3) is 11.1 Å². The Bertz CT molecular complexity index is 695. The smallest absolute Gasteiger partial charge is 0.330 e. The van der Waals surface area contributed by atoms with E-state index in [0.717, 1.165) is 22.9 Å². The van der Waals surface area contributed by atoms with Crippen molar-refractivity contribution in [3.63, 3.8) is 0 Å². The summed E-state index contributed by atoms with van der Waals surface area (Å²) in [7, 11) is 0. The number of hydrogen-bond donors (Lipinski definition) is 1. The van der Waals surface area contributed by atoms with Crippen LogP contribution < -0.4 is 5.32 Å². The van der Waals surface area contributed by atoms with Crippen LogP contribution in [-0.2, 0) is 14.3 Å². The summed E-state index contributed by atoms with van der Waals surface area (Å²) in [6.07, 6.45) is 2.82. The SMILES string of the molecule is C=CC(=O)OCCCCC(=O)Nc1ccccc1-c1ccccc1. The van der Waals surface area contributed by atoms with Crippen molar-refractivity contribution in [1.29, 1.82) is 0 Å². The minimum absolute atomic E-state index is 0.0478. The number of benzene rings is 2. The van der Waals surface area contributed by atoms with Gasteiger partial charge in [-0.05, 0) is 24.5 Å². The first-order valence-corrected chi connectivity index (χ1v) is 7.94. The van der Waals surface area contributed by atoms with Gasteiger partial charge < -0.3 is 10.1 Å². The van der Waals surface area contributed by atoms with Gasteiger partial charge in [-0.1, -0.05) is 55.1 Å². The van der Waals surface area contributed by atoms with Crippen LogP contribution in [0.5, 0.6) is 0 Å². The van der Waals surface area contributed by atoms with E-state index in [0.29, 0.717) is 25.9 Å². The van der Waals surface area contributed by atoms with Crippen molar-refractivity contribution in [3.05, 3.63) is 67.3 Å². The van der Waals surface area contributed by atoms with E-state index in [2.05, 4.69) is 11.9 Å². The molecule has 4 nitrogen and oxygen atoms in total. The predicted molar refractivity (Wildman–Crippen MR) is 95.5 cm³/mol. The summed E-state index contributed by atoms with van der Waals surface area (Å²) in [4.78, 5) is 23.0. The van der Waals surface area contributed by atoms with Crippen molar-refractivity contribution < 1.29 is 14.3 Å². The van der Waals surface area contributed by atoms with Gasteiger partial charge in [0.05, 0.1) is 6.61 Å². The zero-order valence-electron chi connectivity index (χ0n) is 13.5. The Morgan fingerprint density at radius 3 is 2.46 bits per heavy atom. The number of esters is 1.